The molecule has 7 aromatic carbocycles. The van der Waals surface area contributed by atoms with Crippen molar-refractivity contribution in [2.75, 3.05) is 9.80 Å². The zero-order valence-corrected chi connectivity index (χ0v) is 26.9. The van der Waals surface area contributed by atoms with E-state index in [2.05, 4.69) is 180 Å². The van der Waals surface area contributed by atoms with E-state index in [0.717, 1.165) is 55.4 Å². The van der Waals surface area contributed by atoms with Crippen LogP contribution in [0.3, 0.4) is 0 Å². The number of ether oxygens (including phenoxy) is 1. The molecule has 3 nitrogen and oxygen atoms in total. The highest BCUT2D eigenvalue weighted by molar-refractivity contribution is 8.00. The van der Waals surface area contributed by atoms with Crippen molar-refractivity contribution in [3.63, 3.8) is 0 Å². The fraction of sp³-hybridized carbons (Fsp3) is 0. The molecule has 0 bridgehead atoms. The van der Waals surface area contributed by atoms with Gasteiger partial charge in [-0.3, -0.25) is 0 Å². The number of anilines is 6. The molecule has 0 unspecified atom stereocenters. The molecule has 0 fully saturated rings. The summed E-state index contributed by atoms with van der Waals surface area (Å²) in [6.45, 7) is 0. The molecule has 8 aromatic rings. The molecule has 0 spiro atoms. The summed E-state index contributed by atoms with van der Waals surface area (Å²) in [5.74, 6) is 1.71. The van der Waals surface area contributed by atoms with Gasteiger partial charge in [-0.25, -0.2) is 0 Å². The zero-order chi connectivity index (χ0) is 31.2. The third-order valence-corrected chi connectivity index (χ3v) is 10.9. The summed E-state index contributed by atoms with van der Waals surface area (Å²) >= 11 is 3.62. The van der Waals surface area contributed by atoms with Gasteiger partial charge in [0.15, 0.2) is 0 Å². The van der Waals surface area contributed by atoms with Gasteiger partial charge in [-0.2, -0.15) is 0 Å². The molecule has 224 valence electrons. The van der Waals surface area contributed by atoms with Gasteiger partial charge in [0.2, 0.25) is 0 Å². The van der Waals surface area contributed by atoms with Gasteiger partial charge in [-0.15, -0.1) is 11.3 Å². The Balaban J connectivity index is 1.25. The molecular weight excluding hydrogens is 613 g/mol. The van der Waals surface area contributed by atoms with E-state index in [1.165, 1.54) is 20.2 Å². The average molecular weight is 641 g/mol. The lowest BCUT2D eigenvalue weighted by atomic mass is 10.1. The molecule has 0 amide bonds. The van der Waals surface area contributed by atoms with E-state index < -0.39 is 0 Å². The van der Waals surface area contributed by atoms with E-state index in [4.69, 9.17) is 4.74 Å². The Morgan fingerprint density at radius 3 is 1.47 bits per heavy atom. The van der Waals surface area contributed by atoms with Gasteiger partial charge >= 0.3 is 0 Å². The van der Waals surface area contributed by atoms with E-state index in [0.29, 0.717) is 0 Å². The van der Waals surface area contributed by atoms with Gasteiger partial charge in [-0.1, -0.05) is 103 Å². The Bertz CT molecular complexity index is 2330. The summed E-state index contributed by atoms with van der Waals surface area (Å²) in [6.07, 6.45) is 0. The van der Waals surface area contributed by atoms with Crippen molar-refractivity contribution >= 4 is 77.4 Å². The molecule has 1 aliphatic rings. The standard InChI is InChI=1S/C42H28N2OS2/c1-4-15-29(16-5-1)43(30-17-6-2-7-18-30)34-23-12-25-36-41(34)47-42-35(24-13-26-37(42)45-36)44(31-19-8-3-9-20-31)33-22-14-28-39-40(33)32-21-10-11-27-38(32)46-39/h1-28H. The highest BCUT2D eigenvalue weighted by atomic mass is 32.2. The number of nitrogens with zero attached hydrogens (tertiary/aromatic N) is 2. The molecule has 0 aliphatic carbocycles. The fourth-order valence-corrected chi connectivity index (χ4v) is 8.74. The molecule has 1 aliphatic heterocycles. The Kier molecular flexibility index (Phi) is 6.92. The molecule has 0 saturated heterocycles. The molecule has 9 rings (SSSR count). The third-order valence-electron chi connectivity index (χ3n) is 8.49. The normalized spacial score (nSPS) is 11.9. The maximum Gasteiger partial charge on any atom is 0.143 e. The van der Waals surface area contributed by atoms with Crippen LogP contribution in [0.5, 0.6) is 11.5 Å². The quantitative estimate of drug-likeness (QED) is 0.180. The van der Waals surface area contributed by atoms with Crippen LogP contribution < -0.4 is 14.5 Å². The van der Waals surface area contributed by atoms with Gasteiger partial charge in [0.25, 0.3) is 0 Å². The second kappa shape index (κ2) is 11.7. The summed E-state index contributed by atoms with van der Waals surface area (Å²) in [7, 11) is 0. The Hall–Kier alpha value is -5.49. The van der Waals surface area contributed by atoms with E-state index in [1.54, 1.807) is 11.8 Å². The summed E-state index contributed by atoms with van der Waals surface area (Å²) < 4.78 is 9.33. The molecular formula is C42H28N2OS2. The van der Waals surface area contributed by atoms with Crippen LogP contribution in [0.1, 0.15) is 0 Å². The van der Waals surface area contributed by atoms with E-state index in [-0.39, 0.29) is 0 Å². The van der Waals surface area contributed by atoms with Crippen molar-refractivity contribution in [3.05, 3.63) is 170 Å². The highest BCUT2D eigenvalue weighted by Gasteiger charge is 2.29. The molecule has 0 N–H and O–H groups in total. The molecule has 2 heterocycles. The molecule has 0 atom stereocenters. The second-order valence-corrected chi connectivity index (χ2v) is 13.4. The SMILES string of the molecule is c1ccc(N(c2ccccc2)c2cccc3c2Sc2c(cccc2N(c2ccccc2)c2cccc4sc5ccccc5c24)O3)cc1. The minimum Gasteiger partial charge on any atom is -0.455 e. The van der Waals surface area contributed by atoms with Crippen LogP contribution in [0, 0.1) is 0 Å². The smallest absolute Gasteiger partial charge is 0.143 e. The van der Waals surface area contributed by atoms with Gasteiger partial charge in [0, 0.05) is 37.2 Å². The van der Waals surface area contributed by atoms with E-state index >= 15 is 0 Å². The van der Waals surface area contributed by atoms with E-state index in [9.17, 15) is 0 Å². The molecule has 5 heteroatoms. The van der Waals surface area contributed by atoms with Crippen molar-refractivity contribution in [3.8, 4) is 11.5 Å². The molecule has 0 saturated carbocycles. The average Bonchev–Trinajstić information content (AvgIpc) is 3.52. The van der Waals surface area contributed by atoms with Crippen molar-refractivity contribution in [1.29, 1.82) is 0 Å². The van der Waals surface area contributed by atoms with Crippen LogP contribution >= 0.6 is 23.1 Å². The van der Waals surface area contributed by atoms with Crippen molar-refractivity contribution < 1.29 is 4.74 Å². The Morgan fingerprint density at radius 1 is 0.383 bits per heavy atom. The maximum atomic E-state index is 6.77. The Morgan fingerprint density at radius 2 is 0.851 bits per heavy atom. The first kappa shape index (κ1) is 27.8. The number of para-hydroxylation sites is 3. The van der Waals surface area contributed by atoms with Crippen molar-refractivity contribution in [1.82, 2.24) is 0 Å². The summed E-state index contributed by atoms with van der Waals surface area (Å²) in [5.41, 5.74) is 6.57. The lowest BCUT2D eigenvalue weighted by Crippen LogP contribution is -2.14. The zero-order valence-electron chi connectivity index (χ0n) is 25.3. The van der Waals surface area contributed by atoms with Crippen LogP contribution in [0.4, 0.5) is 34.1 Å². The largest absolute Gasteiger partial charge is 0.455 e. The number of hydrogen-bond acceptors (Lipinski definition) is 5. The molecule has 1 aromatic heterocycles. The van der Waals surface area contributed by atoms with E-state index in [1.807, 2.05) is 11.3 Å². The lowest BCUT2D eigenvalue weighted by Gasteiger charge is -2.33. The van der Waals surface area contributed by atoms with Crippen molar-refractivity contribution in [2.24, 2.45) is 0 Å². The minimum atomic E-state index is 0.853. The lowest BCUT2D eigenvalue weighted by molar-refractivity contribution is 0.455. The van der Waals surface area contributed by atoms with Crippen LogP contribution in [-0.4, -0.2) is 0 Å². The number of benzene rings is 7. The molecule has 0 radical (unpaired) electrons. The van der Waals surface area contributed by atoms with Crippen molar-refractivity contribution in [2.45, 2.75) is 9.79 Å². The fourth-order valence-electron chi connectivity index (χ4n) is 6.46. The number of fused-ring (bicyclic) bond motifs is 5. The van der Waals surface area contributed by atoms with Gasteiger partial charge in [-0.05, 0) is 78.9 Å². The second-order valence-electron chi connectivity index (χ2n) is 11.3. The van der Waals surface area contributed by atoms with Gasteiger partial charge < -0.3 is 14.5 Å². The van der Waals surface area contributed by atoms with Crippen LogP contribution in [0.25, 0.3) is 20.2 Å². The van der Waals surface area contributed by atoms with Gasteiger partial charge in [0.05, 0.1) is 26.9 Å². The third kappa shape index (κ3) is 4.83. The first-order chi connectivity index (χ1) is 23.3. The first-order valence-electron chi connectivity index (χ1n) is 15.6. The summed E-state index contributed by atoms with van der Waals surface area (Å²) in [4.78, 5) is 6.87. The summed E-state index contributed by atoms with van der Waals surface area (Å²) in [5, 5.41) is 2.53. The maximum absolute atomic E-state index is 6.77. The topological polar surface area (TPSA) is 15.7 Å². The first-order valence-corrected chi connectivity index (χ1v) is 17.2. The predicted octanol–water partition coefficient (Wildman–Crippen LogP) is 13.3. The van der Waals surface area contributed by atoms with Crippen LogP contribution in [-0.2, 0) is 0 Å². The molecule has 47 heavy (non-hydrogen) atoms. The Labute approximate surface area is 281 Å². The highest BCUT2D eigenvalue weighted by Crippen LogP contribution is 2.57. The predicted molar refractivity (Wildman–Crippen MR) is 199 cm³/mol. The monoisotopic (exact) mass is 640 g/mol. The van der Waals surface area contributed by atoms with Gasteiger partial charge in [0.1, 0.15) is 11.5 Å². The van der Waals surface area contributed by atoms with Crippen LogP contribution in [0.2, 0.25) is 0 Å². The number of rotatable bonds is 6. The van der Waals surface area contributed by atoms with Crippen LogP contribution in [0.15, 0.2) is 180 Å². The number of hydrogen-bond donors (Lipinski definition) is 0. The number of thiophene rings is 1. The summed E-state index contributed by atoms with van der Waals surface area (Å²) in [6, 6.07) is 59.9. The minimum absolute atomic E-state index is 0.853.